The molecule has 0 aromatic carbocycles. The Morgan fingerprint density at radius 3 is 2.95 bits per heavy atom. The smallest absolute Gasteiger partial charge is 0.293 e. The molecule has 0 radical (unpaired) electrons. The predicted octanol–water partition coefficient (Wildman–Crippen LogP) is 0.766. The van der Waals surface area contributed by atoms with Gasteiger partial charge < -0.3 is 14.8 Å². The molecular weight excluding hydrogens is 240 g/mol. The van der Waals surface area contributed by atoms with E-state index in [2.05, 4.69) is 15.2 Å². The molecule has 3 fully saturated rings. The average molecular weight is 260 g/mol. The van der Waals surface area contributed by atoms with Crippen molar-refractivity contribution in [2.24, 2.45) is 5.92 Å². The van der Waals surface area contributed by atoms with Crippen LogP contribution in [-0.2, 0) is 0 Å². The lowest BCUT2D eigenvalue weighted by Crippen LogP contribution is -2.41. The minimum Gasteiger partial charge on any atom is -0.350 e. The number of piperidine rings is 1. The fourth-order valence-corrected chi connectivity index (χ4v) is 3.49. The lowest BCUT2D eigenvalue weighted by atomic mass is 9.94. The maximum Gasteiger partial charge on any atom is 0.293 e. The minimum absolute atomic E-state index is 0.101. The highest BCUT2D eigenvalue weighted by Gasteiger charge is 2.36. The van der Waals surface area contributed by atoms with Gasteiger partial charge in [-0.25, -0.2) is 4.98 Å². The zero-order chi connectivity index (χ0) is 12.8. The maximum absolute atomic E-state index is 12.5. The Labute approximate surface area is 112 Å². The number of hydrogen-bond donors (Lipinski definition) is 1. The van der Waals surface area contributed by atoms with Crippen molar-refractivity contribution in [3.8, 4) is 0 Å². The highest BCUT2D eigenvalue weighted by atomic mass is 16.1. The third-order valence-corrected chi connectivity index (χ3v) is 4.69. The van der Waals surface area contributed by atoms with Crippen molar-refractivity contribution in [3.63, 3.8) is 0 Å². The Bertz CT molecular complexity index is 522. The van der Waals surface area contributed by atoms with Crippen molar-refractivity contribution in [1.29, 1.82) is 0 Å². The monoisotopic (exact) mass is 260 g/mol. The van der Waals surface area contributed by atoms with E-state index in [-0.39, 0.29) is 5.56 Å². The standard InChI is InChI=1S/C14H20N4O/c19-14-13(16-6-7-18(14)11-3-4-11)17-8-10-2-1-5-15-12(10)9-17/h6-7,10-12,15H,1-5,8-9H2. The van der Waals surface area contributed by atoms with Crippen LogP contribution in [-0.4, -0.2) is 35.2 Å². The van der Waals surface area contributed by atoms with Crippen molar-refractivity contribution in [2.45, 2.75) is 37.8 Å². The van der Waals surface area contributed by atoms with E-state index in [1.807, 2.05) is 10.8 Å². The van der Waals surface area contributed by atoms with Crippen LogP contribution in [0.4, 0.5) is 5.82 Å². The summed E-state index contributed by atoms with van der Waals surface area (Å²) in [7, 11) is 0. The molecule has 0 bridgehead atoms. The largest absolute Gasteiger partial charge is 0.350 e. The quantitative estimate of drug-likeness (QED) is 0.853. The van der Waals surface area contributed by atoms with Crippen LogP contribution >= 0.6 is 0 Å². The van der Waals surface area contributed by atoms with Crippen molar-refractivity contribution in [3.05, 3.63) is 22.7 Å². The van der Waals surface area contributed by atoms with Crippen molar-refractivity contribution >= 4 is 5.82 Å². The molecule has 1 saturated carbocycles. The van der Waals surface area contributed by atoms with Gasteiger partial charge in [0.15, 0.2) is 5.82 Å². The molecular formula is C14H20N4O. The van der Waals surface area contributed by atoms with Crippen molar-refractivity contribution < 1.29 is 0 Å². The number of hydrogen-bond acceptors (Lipinski definition) is 4. The summed E-state index contributed by atoms with van der Waals surface area (Å²) in [5, 5.41) is 3.57. The van der Waals surface area contributed by atoms with Crippen LogP contribution in [0.5, 0.6) is 0 Å². The summed E-state index contributed by atoms with van der Waals surface area (Å²) in [6.07, 6.45) is 8.42. The summed E-state index contributed by atoms with van der Waals surface area (Å²) in [5.74, 6) is 1.34. The molecule has 5 nitrogen and oxygen atoms in total. The Morgan fingerprint density at radius 2 is 2.16 bits per heavy atom. The number of nitrogens with zero attached hydrogens (tertiary/aromatic N) is 3. The fraction of sp³-hybridized carbons (Fsp3) is 0.714. The van der Waals surface area contributed by atoms with E-state index >= 15 is 0 Å². The van der Waals surface area contributed by atoms with Gasteiger partial charge in [0.2, 0.25) is 0 Å². The highest BCUT2D eigenvalue weighted by molar-refractivity contribution is 5.38. The third kappa shape index (κ3) is 1.96. The first-order chi connectivity index (χ1) is 9.33. The van der Waals surface area contributed by atoms with Gasteiger partial charge in [0.25, 0.3) is 5.56 Å². The van der Waals surface area contributed by atoms with Gasteiger partial charge in [0.1, 0.15) is 0 Å². The minimum atomic E-state index is 0.101. The summed E-state index contributed by atoms with van der Waals surface area (Å²) in [5.41, 5.74) is 0.101. The van der Waals surface area contributed by atoms with Crippen molar-refractivity contribution in [1.82, 2.24) is 14.9 Å². The van der Waals surface area contributed by atoms with E-state index in [9.17, 15) is 4.79 Å². The molecule has 5 heteroatoms. The van der Waals surface area contributed by atoms with Crippen LogP contribution in [0.1, 0.15) is 31.7 Å². The number of fused-ring (bicyclic) bond motifs is 1. The van der Waals surface area contributed by atoms with Gasteiger partial charge in [-0.05, 0) is 38.1 Å². The molecule has 3 aliphatic rings. The predicted molar refractivity (Wildman–Crippen MR) is 73.5 cm³/mol. The normalized spacial score (nSPS) is 30.4. The van der Waals surface area contributed by atoms with Gasteiger partial charge in [-0.1, -0.05) is 0 Å². The summed E-state index contributed by atoms with van der Waals surface area (Å²) in [6, 6.07) is 0.974. The molecule has 2 unspecified atom stereocenters. The molecule has 1 aromatic heterocycles. The molecule has 1 aliphatic carbocycles. The molecule has 2 atom stereocenters. The molecule has 102 valence electrons. The third-order valence-electron chi connectivity index (χ3n) is 4.69. The molecule has 2 saturated heterocycles. The van der Waals surface area contributed by atoms with Crippen LogP contribution in [0.25, 0.3) is 0 Å². The zero-order valence-corrected chi connectivity index (χ0v) is 11.1. The number of anilines is 1. The van der Waals surface area contributed by atoms with Gasteiger partial charge in [-0.3, -0.25) is 4.79 Å². The summed E-state index contributed by atoms with van der Waals surface area (Å²) in [6.45, 7) is 3.03. The Hall–Kier alpha value is -1.36. The Morgan fingerprint density at radius 1 is 1.26 bits per heavy atom. The van der Waals surface area contributed by atoms with Gasteiger partial charge in [-0.2, -0.15) is 0 Å². The SMILES string of the molecule is O=c1c(N2CC3CCCNC3C2)nccn1C1CC1. The van der Waals surface area contributed by atoms with Gasteiger partial charge in [0, 0.05) is 37.6 Å². The molecule has 1 aromatic rings. The lowest BCUT2D eigenvalue weighted by Gasteiger charge is -2.24. The van der Waals surface area contributed by atoms with Crippen LogP contribution in [0, 0.1) is 5.92 Å². The summed E-state index contributed by atoms with van der Waals surface area (Å²) in [4.78, 5) is 19.0. The van der Waals surface area contributed by atoms with Gasteiger partial charge >= 0.3 is 0 Å². The number of aromatic nitrogens is 2. The molecule has 4 rings (SSSR count). The van der Waals surface area contributed by atoms with Crippen molar-refractivity contribution in [2.75, 3.05) is 24.5 Å². The first kappa shape index (κ1) is 11.5. The first-order valence-electron chi connectivity index (χ1n) is 7.38. The van der Waals surface area contributed by atoms with E-state index in [1.54, 1.807) is 6.20 Å². The van der Waals surface area contributed by atoms with Gasteiger partial charge in [0.05, 0.1) is 0 Å². The van der Waals surface area contributed by atoms with E-state index in [0.717, 1.165) is 32.5 Å². The molecule has 19 heavy (non-hydrogen) atoms. The van der Waals surface area contributed by atoms with Crippen LogP contribution in [0.3, 0.4) is 0 Å². The fourth-order valence-electron chi connectivity index (χ4n) is 3.49. The Kier molecular flexibility index (Phi) is 2.62. The molecule has 1 N–H and O–H groups in total. The molecule has 0 amide bonds. The second-order valence-electron chi connectivity index (χ2n) is 6.06. The maximum atomic E-state index is 12.5. The van der Waals surface area contributed by atoms with Crippen LogP contribution in [0.2, 0.25) is 0 Å². The number of rotatable bonds is 2. The number of nitrogens with one attached hydrogen (secondary N) is 1. The summed E-state index contributed by atoms with van der Waals surface area (Å²) < 4.78 is 1.87. The second kappa shape index (κ2) is 4.34. The Balaban J connectivity index is 1.62. The first-order valence-corrected chi connectivity index (χ1v) is 7.38. The molecule has 2 aliphatic heterocycles. The average Bonchev–Trinajstić information content (AvgIpc) is 3.17. The van der Waals surface area contributed by atoms with Gasteiger partial charge in [-0.15, -0.1) is 0 Å². The van der Waals surface area contributed by atoms with Crippen LogP contribution < -0.4 is 15.8 Å². The van der Waals surface area contributed by atoms with Crippen LogP contribution in [0.15, 0.2) is 17.2 Å². The highest BCUT2D eigenvalue weighted by Crippen LogP contribution is 2.33. The second-order valence-corrected chi connectivity index (χ2v) is 6.06. The summed E-state index contributed by atoms with van der Waals surface area (Å²) >= 11 is 0. The van der Waals surface area contributed by atoms with E-state index in [1.165, 1.54) is 12.8 Å². The topological polar surface area (TPSA) is 50.2 Å². The zero-order valence-electron chi connectivity index (χ0n) is 11.1. The van der Waals surface area contributed by atoms with E-state index in [4.69, 9.17) is 0 Å². The lowest BCUT2D eigenvalue weighted by molar-refractivity contribution is 0.340. The van der Waals surface area contributed by atoms with E-state index < -0.39 is 0 Å². The van der Waals surface area contributed by atoms with E-state index in [0.29, 0.717) is 23.8 Å². The molecule has 0 spiro atoms. The molecule has 3 heterocycles.